The minimum atomic E-state index is -0.245. The quantitative estimate of drug-likeness (QED) is 0.757. The highest BCUT2D eigenvalue weighted by atomic mass is 16.5. The van der Waals surface area contributed by atoms with E-state index in [9.17, 15) is 4.79 Å². The first-order valence-corrected chi connectivity index (χ1v) is 8.35. The van der Waals surface area contributed by atoms with Crippen molar-refractivity contribution in [3.05, 3.63) is 58.7 Å². The summed E-state index contributed by atoms with van der Waals surface area (Å²) in [4.78, 5) is 11.9. The topological polar surface area (TPSA) is 59.6 Å². The maximum atomic E-state index is 11.9. The minimum Gasteiger partial charge on any atom is -0.497 e. The van der Waals surface area contributed by atoms with Crippen molar-refractivity contribution in [2.24, 2.45) is 0 Å². The van der Waals surface area contributed by atoms with Crippen LogP contribution in [-0.2, 0) is 6.42 Å². The Morgan fingerprint density at radius 2 is 1.80 bits per heavy atom. The van der Waals surface area contributed by atoms with Gasteiger partial charge >= 0.3 is 6.03 Å². The Kier molecular flexibility index (Phi) is 6.69. The molecule has 0 saturated heterocycles. The Labute approximate surface area is 149 Å². The predicted molar refractivity (Wildman–Crippen MR) is 99.4 cm³/mol. The first-order chi connectivity index (χ1) is 12.0. The smallest absolute Gasteiger partial charge is 0.317 e. The van der Waals surface area contributed by atoms with E-state index in [4.69, 9.17) is 9.47 Å². The van der Waals surface area contributed by atoms with Crippen molar-refractivity contribution < 1.29 is 14.3 Å². The van der Waals surface area contributed by atoms with Crippen LogP contribution in [0.1, 0.15) is 22.3 Å². The van der Waals surface area contributed by atoms with Crippen molar-refractivity contribution >= 4 is 6.03 Å². The maximum Gasteiger partial charge on any atom is 0.317 e. The summed E-state index contributed by atoms with van der Waals surface area (Å²) in [6.45, 7) is 6.74. The van der Waals surface area contributed by atoms with Crippen molar-refractivity contribution in [1.82, 2.24) is 10.6 Å². The molecule has 0 aliphatic heterocycles. The van der Waals surface area contributed by atoms with Crippen molar-refractivity contribution in [2.45, 2.75) is 27.2 Å². The first-order valence-electron chi connectivity index (χ1n) is 8.35. The van der Waals surface area contributed by atoms with Gasteiger partial charge in [-0.2, -0.15) is 0 Å². The average molecular weight is 342 g/mol. The average Bonchev–Trinajstić information content (AvgIpc) is 2.61. The van der Waals surface area contributed by atoms with Gasteiger partial charge in [-0.3, -0.25) is 0 Å². The number of hydrogen-bond acceptors (Lipinski definition) is 3. The van der Waals surface area contributed by atoms with E-state index in [0.717, 1.165) is 34.6 Å². The van der Waals surface area contributed by atoms with Crippen LogP contribution >= 0.6 is 0 Å². The van der Waals surface area contributed by atoms with Crippen molar-refractivity contribution in [3.63, 3.8) is 0 Å². The van der Waals surface area contributed by atoms with Crippen LogP contribution in [0.25, 0.3) is 0 Å². The number of methoxy groups -OCH3 is 1. The van der Waals surface area contributed by atoms with E-state index < -0.39 is 0 Å². The highest BCUT2D eigenvalue weighted by Gasteiger charge is 2.07. The third-order valence-corrected chi connectivity index (χ3v) is 4.16. The van der Waals surface area contributed by atoms with Gasteiger partial charge in [-0.05, 0) is 61.6 Å². The second kappa shape index (κ2) is 8.97. The molecule has 2 amide bonds. The molecule has 25 heavy (non-hydrogen) atoms. The number of rotatable bonds is 7. The van der Waals surface area contributed by atoms with Crippen LogP contribution in [0.2, 0.25) is 0 Å². The van der Waals surface area contributed by atoms with Gasteiger partial charge in [0, 0.05) is 6.54 Å². The van der Waals surface area contributed by atoms with Gasteiger partial charge in [0.2, 0.25) is 0 Å². The van der Waals surface area contributed by atoms with Gasteiger partial charge in [0.05, 0.1) is 7.11 Å². The normalized spacial score (nSPS) is 10.2. The van der Waals surface area contributed by atoms with Crippen LogP contribution in [-0.4, -0.2) is 26.4 Å². The number of carbonyl (C=O) groups is 1. The number of carbonyl (C=O) groups excluding carboxylic acids is 1. The molecule has 5 nitrogen and oxygen atoms in total. The van der Waals surface area contributed by atoms with Crippen LogP contribution in [0.4, 0.5) is 4.79 Å². The van der Waals surface area contributed by atoms with E-state index in [0.29, 0.717) is 6.54 Å². The van der Waals surface area contributed by atoms with Gasteiger partial charge in [-0.25, -0.2) is 4.79 Å². The van der Waals surface area contributed by atoms with Crippen LogP contribution < -0.4 is 20.1 Å². The minimum absolute atomic E-state index is 0.135. The highest BCUT2D eigenvalue weighted by molar-refractivity contribution is 5.73. The molecule has 0 heterocycles. The zero-order valence-electron chi connectivity index (χ0n) is 15.3. The van der Waals surface area contributed by atoms with Gasteiger partial charge in [-0.15, -0.1) is 0 Å². The second-order valence-corrected chi connectivity index (χ2v) is 5.98. The zero-order chi connectivity index (χ0) is 18.2. The largest absolute Gasteiger partial charge is 0.497 e. The number of hydrogen-bond donors (Lipinski definition) is 2. The fraction of sp³-hybridized carbons (Fsp3) is 0.350. The number of ether oxygens (including phenoxy) is 2. The Morgan fingerprint density at radius 3 is 2.56 bits per heavy atom. The van der Waals surface area contributed by atoms with E-state index in [1.807, 2.05) is 51.1 Å². The highest BCUT2D eigenvalue weighted by Crippen LogP contribution is 2.25. The third-order valence-electron chi connectivity index (χ3n) is 4.16. The lowest BCUT2D eigenvalue weighted by Gasteiger charge is -2.14. The SMILES string of the molecule is COc1cccc(CCNC(=O)NCOc2c(C)ccc(C)c2C)c1. The van der Waals surface area contributed by atoms with Crippen LogP contribution in [0, 0.1) is 20.8 Å². The lowest BCUT2D eigenvalue weighted by molar-refractivity contribution is 0.223. The van der Waals surface area contributed by atoms with E-state index in [1.165, 1.54) is 5.56 Å². The molecule has 0 atom stereocenters. The standard InChI is InChI=1S/C20H26N2O3/c1-14-8-9-15(2)19(16(14)3)25-13-22-20(23)21-11-10-17-6-5-7-18(12-17)24-4/h5-9,12H,10-11,13H2,1-4H3,(H2,21,22,23). The molecule has 0 radical (unpaired) electrons. The number of aryl methyl sites for hydroxylation is 2. The lowest BCUT2D eigenvalue weighted by atomic mass is 10.1. The zero-order valence-corrected chi connectivity index (χ0v) is 15.3. The monoisotopic (exact) mass is 342 g/mol. The maximum absolute atomic E-state index is 11.9. The molecular formula is C20H26N2O3. The van der Waals surface area contributed by atoms with Gasteiger partial charge in [0.25, 0.3) is 0 Å². The fourth-order valence-corrected chi connectivity index (χ4v) is 2.53. The molecule has 134 valence electrons. The van der Waals surface area contributed by atoms with E-state index in [-0.39, 0.29) is 12.8 Å². The third kappa shape index (κ3) is 5.41. The summed E-state index contributed by atoms with van der Waals surface area (Å²) in [6.07, 6.45) is 0.738. The number of urea groups is 1. The second-order valence-electron chi connectivity index (χ2n) is 5.98. The molecule has 0 saturated carbocycles. The number of benzene rings is 2. The molecule has 0 aliphatic carbocycles. The molecule has 5 heteroatoms. The predicted octanol–water partition coefficient (Wildman–Crippen LogP) is 3.50. The molecular weight excluding hydrogens is 316 g/mol. The number of nitrogens with one attached hydrogen (secondary N) is 2. The molecule has 0 aromatic heterocycles. The van der Waals surface area contributed by atoms with Crippen LogP contribution in [0.15, 0.2) is 36.4 Å². The van der Waals surface area contributed by atoms with Crippen molar-refractivity contribution in [3.8, 4) is 11.5 Å². The Bertz CT molecular complexity index is 729. The van der Waals surface area contributed by atoms with E-state index in [1.54, 1.807) is 7.11 Å². The molecule has 0 spiro atoms. The van der Waals surface area contributed by atoms with Crippen LogP contribution in [0.5, 0.6) is 11.5 Å². The summed E-state index contributed by atoms with van der Waals surface area (Å²) in [6, 6.07) is 11.7. The van der Waals surface area contributed by atoms with E-state index in [2.05, 4.69) is 16.7 Å². The molecule has 2 aromatic carbocycles. The Morgan fingerprint density at radius 1 is 1.04 bits per heavy atom. The van der Waals surface area contributed by atoms with Gasteiger partial charge < -0.3 is 20.1 Å². The molecule has 0 aliphatic rings. The summed E-state index contributed by atoms with van der Waals surface area (Å²) in [7, 11) is 1.64. The molecule has 2 rings (SSSR count). The molecule has 0 unspecified atom stereocenters. The Balaban J connectivity index is 1.73. The lowest BCUT2D eigenvalue weighted by Crippen LogP contribution is -2.38. The van der Waals surface area contributed by atoms with Gasteiger partial charge in [-0.1, -0.05) is 24.3 Å². The van der Waals surface area contributed by atoms with Gasteiger partial charge in [0.15, 0.2) is 6.73 Å². The number of amides is 2. The molecule has 0 fully saturated rings. The van der Waals surface area contributed by atoms with E-state index >= 15 is 0 Å². The summed E-state index contributed by atoms with van der Waals surface area (Å²) >= 11 is 0. The van der Waals surface area contributed by atoms with Gasteiger partial charge in [0.1, 0.15) is 11.5 Å². The molecule has 0 bridgehead atoms. The Hall–Kier alpha value is -2.69. The molecule has 2 aromatic rings. The summed E-state index contributed by atoms with van der Waals surface area (Å²) in [5.41, 5.74) is 4.44. The summed E-state index contributed by atoms with van der Waals surface area (Å²) < 4.78 is 10.9. The summed E-state index contributed by atoms with van der Waals surface area (Å²) in [5, 5.41) is 5.54. The van der Waals surface area contributed by atoms with Crippen LogP contribution in [0.3, 0.4) is 0 Å². The summed E-state index contributed by atoms with van der Waals surface area (Å²) in [5.74, 6) is 1.65. The first kappa shape index (κ1) is 18.6. The fourth-order valence-electron chi connectivity index (χ4n) is 2.53. The van der Waals surface area contributed by atoms with Crippen molar-refractivity contribution in [2.75, 3.05) is 20.4 Å². The van der Waals surface area contributed by atoms with Crippen molar-refractivity contribution in [1.29, 1.82) is 0 Å². The molecule has 2 N–H and O–H groups in total.